The van der Waals surface area contributed by atoms with Gasteiger partial charge in [-0.3, -0.25) is 0 Å². The summed E-state index contributed by atoms with van der Waals surface area (Å²) in [5.74, 6) is 0.347. The van der Waals surface area contributed by atoms with Crippen LogP contribution in [0.4, 0.5) is 5.69 Å². The van der Waals surface area contributed by atoms with Crippen molar-refractivity contribution in [2.45, 2.75) is 12.3 Å². The first-order valence-electron chi connectivity index (χ1n) is 8.61. The van der Waals surface area contributed by atoms with Crippen LogP contribution in [-0.4, -0.2) is 0 Å². The van der Waals surface area contributed by atoms with E-state index in [0.717, 1.165) is 12.1 Å². The number of nitrogens with one attached hydrogen (secondary N) is 1. The van der Waals surface area contributed by atoms with Crippen molar-refractivity contribution in [2.75, 3.05) is 5.32 Å². The highest BCUT2D eigenvalue weighted by Crippen LogP contribution is 2.22. The summed E-state index contributed by atoms with van der Waals surface area (Å²) in [6, 6.07) is 29.4. The Morgan fingerprint density at radius 3 is 2.00 bits per heavy atom. The fourth-order valence-corrected chi connectivity index (χ4v) is 2.83. The summed E-state index contributed by atoms with van der Waals surface area (Å²) < 4.78 is 0. The fourth-order valence-electron chi connectivity index (χ4n) is 2.83. The molecule has 0 aliphatic rings. The smallest absolute Gasteiger partial charge is 0.0380 e. The lowest BCUT2D eigenvalue weighted by molar-refractivity contribution is 0.865. The van der Waals surface area contributed by atoms with Gasteiger partial charge in [-0.1, -0.05) is 84.9 Å². The van der Waals surface area contributed by atoms with Crippen LogP contribution >= 0.6 is 0 Å². The third-order valence-electron chi connectivity index (χ3n) is 4.26. The number of rotatable bonds is 7. The van der Waals surface area contributed by atoms with Gasteiger partial charge < -0.3 is 5.32 Å². The van der Waals surface area contributed by atoms with Crippen LogP contribution in [0, 0.1) is 0 Å². The highest BCUT2D eigenvalue weighted by Gasteiger charge is 2.04. The van der Waals surface area contributed by atoms with E-state index in [-0.39, 0.29) is 0 Å². The van der Waals surface area contributed by atoms with Gasteiger partial charge in [-0.2, -0.15) is 0 Å². The van der Waals surface area contributed by atoms with Crippen LogP contribution in [0.5, 0.6) is 0 Å². The first-order chi connectivity index (χ1) is 12.4. The summed E-state index contributed by atoms with van der Waals surface area (Å²) in [4.78, 5) is 0. The quantitative estimate of drug-likeness (QED) is 0.480. The fraction of sp³-hybridized carbons (Fsp3) is 0.0833. The molecular formula is C24H23N. The monoisotopic (exact) mass is 325 g/mol. The molecule has 0 aliphatic heterocycles. The highest BCUT2D eigenvalue weighted by atomic mass is 14.8. The zero-order chi connectivity index (χ0) is 17.3. The molecule has 0 fully saturated rings. The van der Waals surface area contributed by atoms with Crippen molar-refractivity contribution < 1.29 is 0 Å². The molecule has 0 bridgehead atoms. The Morgan fingerprint density at radius 1 is 0.760 bits per heavy atom. The molecule has 3 aromatic rings. The third kappa shape index (κ3) is 4.71. The van der Waals surface area contributed by atoms with Gasteiger partial charge >= 0.3 is 0 Å². The van der Waals surface area contributed by atoms with Crippen LogP contribution in [-0.2, 0) is 0 Å². The van der Waals surface area contributed by atoms with E-state index >= 15 is 0 Å². The zero-order valence-electron chi connectivity index (χ0n) is 14.3. The van der Waals surface area contributed by atoms with Crippen molar-refractivity contribution in [1.82, 2.24) is 0 Å². The Kier molecular flexibility index (Phi) is 5.84. The second-order valence-electron chi connectivity index (χ2n) is 5.98. The molecule has 1 nitrogen and oxygen atoms in total. The number of allylic oxidation sites excluding steroid dienone is 2. The Hall–Kier alpha value is -3.06. The van der Waals surface area contributed by atoms with Crippen LogP contribution in [0.2, 0.25) is 0 Å². The summed E-state index contributed by atoms with van der Waals surface area (Å²) in [5.41, 5.74) is 4.85. The van der Waals surface area contributed by atoms with Gasteiger partial charge in [0.25, 0.3) is 0 Å². The highest BCUT2D eigenvalue weighted by molar-refractivity contribution is 5.66. The van der Waals surface area contributed by atoms with Gasteiger partial charge in [0, 0.05) is 11.6 Å². The maximum absolute atomic E-state index is 3.96. The van der Waals surface area contributed by atoms with Crippen LogP contribution in [0.1, 0.15) is 17.9 Å². The minimum absolute atomic E-state index is 0.347. The maximum Gasteiger partial charge on any atom is 0.0380 e. The van der Waals surface area contributed by atoms with Crippen molar-refractivity contribution in [3.8, 4) is 11.1 Å². The minimum atomic E-state index is 0.347. The van der Waals surface area contributed by atoms with Gasteiger partial charge in [0.1, 0.15) is 0 Å². The Labute approximate surface area is 150 Å². The predicted octanol–water partition coefficient (Wildman–Crippen LogP) is 6.64. The lowest BCUT2D eigenvalue weighted by Crippen LogP contribution is -1.93. The molecule has 1 heteroatoms. The molecule has 25 heavy (non-hydrogen) atoms. The lowest BCUT2D eigenvalue weighted by Gasteiger charge is -2.10. The number of benzene rings is 3. The molecule has 0 saturated heterocycles. The van der Waals surface area contributed by atoms with Crippen molar-refractivity contribution in [3.05, 3.63) is 115 Å². The summed E-state index contributed by atoms with van der Waals surface area (Å²) in [5, 5.41) is 3.34. The molecule has 0 aliphatic carbocycles. The average Bonchev–Trinajstić information content (AvgIpc) is 2.70. The molecule has 3 rings (SSSR count). The topological polar surface area (TPSA) is 12.0 Å². The maximum atomic E-state index is 3.96. The molecule has 0 saturated carbocycles. The molecule has 0 radical (unpaired) electrons. The Balaban J connectivity index is 1.56. The van der Waals surface area contributed by atoms with Gasteiger partial charge in [-0.25, -0.2) is 0 Å². The summed E-state index contributed by atoms with van der Waals surface area (Å²) in [6.45, 7) is 3.96. The van der Waals surface area contributed by atoms with E-state index in [4.69, 9.17) is 0 Å². The van der Waals surface area contributed by atoms with Gasteiger partial charge in [0.05, 0.1) is 0 Å². The van der Waals surface area contributed by atoms with Crippen LogP contribution in [0.3, 0.4) is 0 Å². The van der Waals surface area contributed by atoms with E-state index in [2.05, 4.69) is 90.8 Å². The molecule has 0 aromatic heterocycles. The second-order valence-corrected chi connectivity index (χ2v) is 5.98. The van der Waals surface area contributed by atoms with E-state index in [9.17, 15) is 0 Å². The van der Waals surface area contributed by atoms with E-state index in [1.807, 2.05) is 24.4 Å². The van der Waals surface area contributed by atoms with Gasteiger partial charge in [0.15, 0.2) is 0 Å². The molecule has 0 heterocycles. The summed E-state index contributed by atoms with van der Waals surface area (Å²) in [7, 11) is 0. The standard InChI is InChI=1S/C24H23N/c1-2-20(21-10-5-3-6-11-21)14-9-19-25-24-17-15-23(16-18-24)22-12-7-4-8-13-22/h2-13,15-20,25H,1,14H2/b19-9+. The van der Waals surface area contributed by atoms with Crippen LogP contribution in [0.25, 0.3) is 11.1 Å². The number of anilines is 1. The van der Waals surface area contributed by atoms with Gasteiger partial charge in [-0.05, 0) is 41.4 Å². The molecule has 1 atom stereocenters. The Morgan fingerprint density at radius 2 is 1.36 bits per heavy atom. The first kappa shape index (κ1) is 16.8. The average molecular weight is 325 g/mol. The SMILES string of the molecule is C=CC(C/C=C/Nc1ccc(-c2ccccc2)cc1)c1ccccc1. The minimum Gasteiger partial charge on any atom is -0.362 e. The third-order valence-corrected chi connectivity index (χ3v) is 4.26. The zero-order valence-corrected chi connectivity index (χ0v) is 14.3. The van der Waals surface area contributed by atoms with E-state index in [0.29, 0.717) is 5.92 Å². The molecule has 0 spiro atoms. The Bertz CT molecular complexity index is 802. The van der Waals surface area contributed by atoms with E-state index < -0.39 is 0 Å². The lowest BCUT2D eigenvalue weighted by atomic mass is 9.96. The molecule has 1 N–H and O–H groups in total. The van der Waals surface area contributed by atoms with Crippen molar-refractivity contribution in [2.24, 2.45) is 0 Å². The van der Waals surface area contributed by atoms with Crippen molar-refractivity contribution >= 4 is 5.69 Å². The molecular weight excluding hydrogens is 302 g/mol. The van der Waals surface area contributed by atoms with Crippen LogP contribution in [0.15, 0.2) is 110 Å². The van der Waals surface area contributed by atoms with Crippen molar-refractivity contribution in [1.29, 1.82) is 0 Å². The largest absolute Gasteiger partial charge is 0.362 e. The summed E-state index contributed by atoms with van der Waals surface area (Å²) >= 11 is 0. The second kappa shape index (κ2) is 8.70. The van der Waals surface area contributed by atoms with E-state index in [1.165, 1.54) is 16.7 Å². The van der Waals surface area contributed by atoms with Crippen LogP contribution < -0.4 is 5.32 Å². The van der Waals surface area contributed by atoms with Gasteiger partial charge in [-0.15, -0.1) is 6.58 Å². The molecule has 1 unspecified atom stereocenters. The van der Waals surface area contributed by atoms with E-state index in [1.54, 1.807) is 0 Å². The molecule has 0 amide bonds. The molecule has 3 aromatic carbocycles. The molecule has 124 valence electrons. The summed E-state index contributed by atoms with van der Waals surface area (Å²) in [6.07, 6.45) is 7.11. The normalized spacial score (nSPS) is 12.0. The van der Waals surface area contributed by atoms with Crippen molar-refractivity contribution in [3.63, 3.8) is 0 Å². The first-order valence-corrected chi connectivity index (χ1v) is 8.61. The predicted molar refractivity (Wildman–Crippen MR) is 109 cm³/mol. The van der Waals surface area contributed by atoms with Gasteiger partial charge in [0.2, 0.25) is 0 Å². The number of hydrogen-bond donors (Lipinski definition) is 1. The number of hydrogen-bond acceptors (Lipinski definition) is 1.